The molecule has 0 heterocycles. The Morgan fingerprint density at radius 3 is 2.59 bits per heavy atom. The Bertz CT molecular complexity index is 268. The zero-order chi connectivity index (χ0) is 12.8. The lowest BCUT2D eigenvalue weighted by Gasteiger charge is -2.31. The van der Waals surface area contributed by atoms with E-state index >= 15 is 0 Å². The van der Waals surface area contributed by atoms with E-state index in [9.17, 15) is 9.59 Å². The van der Waals surface area contributed by atoms with Crippen LogP contribution in [0.2, 0.25) is 0 Å². The van der Waals surface area contributed by atoms with Crippen molar-refractivity contribution in [3.05, 3.63) is 0 Å². The van der Waals surface area contributed by atoms with Crippen LogP contribution in [0, 0.1) is 0 Å². The first kappa shape index (κ1) is 14.2. The molecule has 0 aromatic rings. The van der Waals surface area contributed by atoms with Gasteiger partial charge in [-0.1, -0.05) is 0 Å². The highest BCUT2D eigenvalue weighted by Crippen LogP contribution is 2.20. The van der Waals surface area contributed by atoms with E-state index in [1.54, 1.807) is 7.11 Å². The van der Waals surface area contributed by atoms with Gasteiger partial charge in [-0.05, 0) is 26.2 Å². The summed E-state index contributed by atoms with van der Waals surface area (Å²) in [6.45, 7) is 1.96. The molecule has 1 atom stereocenters. The monoisotopic (exact) mass is 241 g/mol. The first-order valence-electron chi connectivity index (χ1n) is 6.34. The van der Waals surface area contributed by atoms with Gasteiger partial charge in [0.05, 0.1) is 6.10 Å². The number of hydrogen-bond donors (Lipinski definition) is 0. The molecule has 4 nitrogen and oxygen atoms in total. The van der Waals surface area contributed by atoms with Crippen LogP contribution in [-0.2, 0) is 14.3 Å². The van der Waals surface area contributed by atoms with E-state index in [0.29, 0.717) is 25.0 Å². The van der Waals surface area contributed by atoms with Crippen molar-refractivity contribution in [2.45, 2.75) is 57.6 Å². The molecule has 0 saturated heterocycles. The number of Topliss-reactive ketones (excluding diaryl/α,β-unsaturated/α-hetero) is 1. The third-order valence-corrected chi connectivity index (χ3v) is 3.62. The summed E-state index contributed by atoms with van der Waals surface area (Å²) in [5.74, 6) is 0.489. The van der Waals surface area contributed by atoms with E-state index in [4.69, 9.17) is 4.74 Å². The van der Waals surface area contributed by atoms with E-state index in [2.05, 4.69) is 0 Å². The number of carbonyl (C=O) groups excluding carboxylic acids is 2. The fourth-order valence-corrected chi connectivity index (χ4v) is 2.14. The first-order valence-corrected chi connectivity index (χ1v) is 6.34. The summed E-state index contributed by atoms with van der Waals surface area (Å²) < 4.78 is 5.12. The molecular weight excluding hydrogens is 218 g/mol. The van der Waals surface area contributed by atoms with Gasteiger partial charge in [-0.25, -0.2) is 0 Å². The summed E-state index contributed by atoms with van der Waals surface area (Å²) in [7, 11) is 3.51. The summed E-state index contributed by atoms with van der Waals surface area (Å²) in [6.07, 6.45) is 4.29. The van der Waals surface area contributed by atoms with Crippen LogP contribution >= 0.6 is 0 Å². The van der Waals surface area contributed by atoms with Gasteiger partial charge in [-0.15, -0.1) is 0 Å². The fourth-order valence-electron chi connectivity index (χ4n) is 2.14. The molecule has 98 valence electrons. The van der Waals surface area contributed by atoms with Crippen molar-refractivity contribution in [3.8, 4) is 0 Å². The molecule has 4 heteroatoms. The predicted octanol–water partition coefficient (Wildman–Crippen LogP) is 1.77. The molecule has 0 radical (unpaired) electrons. The summed E-state index contributed by atoms with van der Waals surface area (Å²) in [5, 5.41) is 0. The molecule has 0 aromatic carbocycles. The molecule has 1 amide bonds. The van der Waals surface area contributed by atoms with Crippen molar-refractivity contribution in [2.75, 3.05) is 14.2 Å². The SMILES string of the molecule is COC(C)CCC(=O)N(C)C1CCC(=O)CC1. The quantitative estimate of drug-likeness (QED) is 0.737. The largest absolute Gasteiger partial charge is 0.382 e. The number of ether oxygens (including phenoxy) is 1. The van der Waals surface area contributed by atoms with E-state index in [1.165, 1.54) is 0 Å². The Morgan fingerprint density at radius 1 is 1.47 bits per heavy atom. The number of amides is 1. The van der Waals surface area contributed by atoms with Crippen LogP contribution in [0.25, 0.3) is 0 Å². The number of nitrogens with zero attached hydrogens (tertiary/aromatic N) is 1. The van der Waals surface area contributed by atoms with Crippen LogP contribution in [0.4, 0.5) is 0 Å². The Kier molecular flexibility index (Phi) is 5.62. The minimum Gasteiger partial charge on any atom is -0.382 e. The third-order valence-electron chi connectivity index (χ3n) is 3.62. The number of rotatable bonds is 5. The highest BCUT2D eigenvalue weighted by atomic mass is 16.5. The Hall–Kier alpha value is -0.900. The maximum Gasteiger partial charge on any atom is 0.222 e. The van der Waals surface area contributed by atoms with Crippen LogP contribution < -0.4 is 0 Å². The van der Waals surface area contributed by atoms with Crippen LogP contribution in [0.5, 0.6) is 0 Å². The number of carbonyl (C=O) groups is 2. The molecule has 1 aliphatic carbocycles. The van der Waals surface area contributed by atoms with Gasteiger partial charge in [0.2, 0.25) is 5.91 Å². The second kappa shape index (κ2) is 6.74. The lowest BCUT2D eigenvalue weighted by molar-refractivity contribution is -0.134. The van der Waals surface area contributed by atoms with Crippen molar-refractivity contribution < 1.29 is 14.3 Å². The lowest BCUT2D eigenvalue weighted by Crippen LogP contribution is -2.39. The van der Waals surface area contributed by atoms with Crippen molar-refractivity contribution in [2.24, 2.45) is 0 Å². The second-order valence-corrected chi connectivity index (χ2v) is 4.86. The summed E-state index contributed by atoms with van der Waals surface area (Å²) in [4.78, 5) is 24.9. The van der Waals surface area contributed by atoms with Gasteiger partial charge in [0.1, 0.15) is 5.78 Å². The predicted molar refractivity (Wildman–Crippen MR) is 65.7 cm³/mol. The summed E-state index contributed by atoms with van der Waals surface area (Å²) >= 11 is 0. The van der Waals surface area contributed by atoms with Gasteiger partial charge in [-0.2, -0.15) is 0 Å². The number of methoxy groups -OCH3 is 1. The van der Waals surface area contributed by atoms with Crippen LogP contribution in [0.1, 0.15) is 45.4 Å². The van der Waals surface area contributed by atoms with Crippen LogP contribution in [0.15, 0.2) is 0 Å². The third kappa shape index (κ3) is 4.46. The lowest BCUT2D eigenvalue weighted by atomic mass is 9.93. The average Bonchev–Trinajstić information content (AvgIpc) is 2.35. The molecule has 0 aromatic heterocycles. The first-order chi connectivity index (χ1) is 8.04. The molecular formula is C13H23NO3. The van der Waals surface area contributed by atoms with Gasteiger partial charge in [0.15, 0.2) is 0 Å². The van der Waals surface area contributed by atoms with Gasteiger partial charge in [0.25, 0.3) is 0 Å². The highest BCUT2D eigenvalue weighted by Gasteiger charge is 2.25. The summed E-state index contributed by atoms with van der Waals surface area (Å²) in [5.41, 5.74) is 0. The van der Waals surface area contributed by atoms with E-state index < -0.39 is 0 Å². The molecule has 0 aliphatic heterocycles. The summed E-state index contributed by atoms with van der Waals surface area (Å²) in [6, 6.07) is 0.248. The molecule has 0 N–H and O–H groups in total. The van der Waals surface area contributed by atoms with Crippen molar-refractivity contribution >= 4 is 11.7 Å². The van der Waals surface area contributed by atoms with Gasteiger partial charge >= 0.3 is 0 Å². The minimum absolute atomic E-state index is 0.125. The molecule has 17 heavy (non-hydrogen) atoms. The van der Waals surface area contributed by atoms with E-state index in [1.807, 2.05) is 18.9 Å². The van der Waals surface area contributed by atoms with Crippen molar-refractivity contribution in [1.29, 1.82) is 0 Å². The smallest absolute Gasteiger partial charge is 0.222 e. The molecule has 1 aliphatic rings. The number of ketones is 1. The maximum absolute atomic E-state index is 11.9. The highest BCUT2D eigenvalue weighted by molar-refractivity contribution is 5.80. The maximum atomic E-state index is 11.9. The van der Waals surface area contributed by atoms with Gasteiger partial charge < -0.3 is 9.64 Å². The molecule has 1 saturated carbocycles. The van der Waals surface area contributed by atoms with Crippen LogP contribution in [-0.4, -0.2) is 42.9 Å². The molecule has 0 spiro atoms. The van der Waals surface area contributed by atoms with Gasteiger partial charge in [-0.3, -0.25) is 9.59 Å². The van der Waals surface area contributed by atoms with Crippen LogP contribution in [0.3, 0.4) is 0 Å². The zero-order valence-electron chi connectivity index (χ0n) is 11.1. The van der Waals surface area contributed by atoms with E-state index in [-0.39, 0.29) is 18.1 Å². The fraction of sp³-hybridized carbons (Fsp3) is 0.846. The molecule has 0 bridgehead atoms. The Labute approximate surface area is 103 Å². The Morgan fingerprint density at radius 2 is 2.06 bits per heavy atom. The molecule has 1 fully saturated rings. The number of hydrogen-bond acceptors (Lipinski definition) is 3. The average molecular weight is 241 g/mol. The minimum atomic E-state index is 0.125. The van der Waals surface area contributed by atoms with Crippen molar-refractivity contribution in [3.63, 3.8) is 0 Å². The van der Waals surface area contributed by atoms with Crippen molar-refractivity contribution in [1.82, 2.24) is 4.90 Å². The standard InChI is InChI=1S/C13H23NO3/c1-10(17-3)4-9-13(16)14(2)11-5-7-12(15)8-6-11/h10-11H,4-9H2,1-3H3. The molecule has 1 rings (SSSR count). The second-order valence-electron chi connectivity index (χ2n) is 4.86. The van der Waals surface area contributed by atoms with E-state index in [0.717, 1.165) is 19.3 Å². The zero-order valence-corrected chi connectivity index (χ0v) is 11.1. The molecule has 1 unspecified atom stereocenters. The normalized spacial score (nSPS) is 19.1. The topological polar surface area (TPSA) is 46.6 Å². The Balaban J connectivity index is 2.33. The van der Waals surface area contributed by atoms with Gasteiger partial charge in [0, 0.05) is 39.5 Å².